The van der Waals surface area contributed by atoms with Gasteiger partial charge in [-0.05, 0) is 26.8 Å². The summed E-state index contributed by atoms with van der Waals surface area (Å²) in [5.74, 6) is 0. The molecular weight excluding hydrogens is 188 g/mol. The van der Waals surface area contributed by atoms with Crippen LogP contribution in [0, 0.1) is 0 Å². The van der Waals surface area contributed by atoms with E-state index in [9.17, 15) is 5.11 Å². The third-order valence-electron chi connectivity index (χ3n) is 4.00. The van der Waals surface area contributed by atoms with Crippen LogP contribution in [0.1, 0.15) is 32.6 Å². The molecular formula is C12H24N2O. The van der Waals surface area contributed by atoms with Crippen LogP contribution in [-0.2, 0) is 0 Å². The van der Waals surface area contributed by atoms with Gasteiger partial charge in [0.05, 0.1) is 6.10 Å². The second-order valence-electron chi connectivity index (χ2n) is 5.27. The van der Waals surface area contributed by atoms with Crippen molar-refractivity contribution in [3.8, 4) is 0 Å². The molecule has 2 fully saturated rings. The van der Waals surface area contributed by atoms with Gasteiger partial charge in [-0.3, -0.25) is 4.90 Å². The fourth-order valence-electron chi connectivity index (χ4n) is 3.13. The van der Waals surface area contributed by atoms with E-state index in [1.807, 2.05) is 0 Å². The van der Waals surface area contributed by atoms with Gasteiger partial charge in [-0.2, -0.15) is 0 Å². The average molecular weight is 212 g/mol. The van der Waals surface area contributed by atoms with Crippen molar-refractivity contribution in [3.63, 3.8) is 0 Å². The highest BCUT2D eigenvalue weighted by Gasteiger charge is 2.33. The van der Waals surface area contributed by atoms with Gasteiger partial charge in [0.15, 0.2) is 0 Å². The molecule has 0 bridgehead atoms. The zero-order valence-corrected chi connectivity index (χ0v) is 10.0. The summed E-state index contributed by atoms with van der Waals surface area (Å²) in [6.45, 7) is 5.70. The highest BCUT2D eigenvalue weighted by molar-refractivity contribution is 4.89. The summed E-state index contributed by atoms with van der Waals surface area (Å²) >= 11 is 0. The topological polar surface area (TPSA) is 26.7 Å². The van der Waals surface area contributed by atoms with E-state index in [4.69, 9.17) is 0 Å². The molecule has 1 aliphatic carbocycles. The fourth-order valence-corrected chi connectivity index (χ4v) is 3.13. The maximum Gasteiger partial charge on any atom is 0.0695 e. The standard InChI is InChI=1S/C12H24N2O/c1-10-9-13(2)7-8-14(10)11-5-3-4-6-12(11)15/h10-12,15H,3-9H2,1-2H3/t10?,11-,12-/m0/s1. The SMILES string of the molecule is CC1CN(C)CCN1[C@H]1CCCC[C@@H]1O. The van der Waals surface area contributed by atoms with Crippen LogP contribution in [0.15, 0.2) is 0 Å². The Bertz CT molecular complexity index is 210. The van der Waals surface area contributed by atoms with Crippen molar-refractivity contribution in [3.05, 3.63) is 0 Å². The molecule has 1 N–H and O–H groups in total. The summed E-state index contributed by atoms with van der Waals surface area (Å²) in [5.41, 5.74) is 0. The molecule has 0 aromatic carbocycles. The van der Waals surface area contributed by atoms with Gasteiger partial charge in [0, 0.05) is 31.7 Å². The first-order valence-electron chi connectivity index (χ1n) is 6.31. The van der Waals surface area contributed by atoms with E-state index >= 15 is 0 Å². The Morgan fingerprint density at radius 1 is 1.13 bits per heavy atom. The van der Waals surface area contributed by atoms with Gasteiger partial charge < -0.3 is 10.0 Å². The van der Waals surface area contributed by atoms with E-state index < -0.39 is 0 Å². The van der Waals surface area contributed by atoms with Crippen molar-refractivity contribution in [2.24, 2.45) is 0 Å². The van der Waals surface area contributed by atoms with E-state index in [-0.39, 0.29) is 6.10 Å². The Balaban J connectivity index is 1.96. The molecule has 0 aromatic rings. The smallest absolute Gasteiger partial charge is 0.0695 e. The highest BCUT2D eigenvalue weighted by Crippen LogP contribution is 2.26. The second-order valence-corrected chi connectivity index (χ2v) is 5.27. The lowest BCUT2D eigenvalue weighted by Gasteiger charge is -2.45. The molecule has 1 saturated carbocycles. The number of nitrogens with zero attached hydrogens (tertiary/aromatic N) is 2. The quantitative estimate of drug-likeness (QED) is 0.700. The number of likely N-dealkylation sites (N-methyl/N-ethyl adjacent to an activating group) is 1. The van der Waals surface area contributed by atoms with E-state index in [0.717, 1.165) is 26.1 Å². The molecule has 0 radical (unpaired) electrons. The third-order valence-corrected chi connectivity index (χ3v) is 4.00. The number of hydrogen-bond donors (Lipinski definition) is 1. The van der Waals surface area contributed by atoms with Crippen LogP contribution in [0.3, 0.4) is 0 Å². The molecule has 0 spiro atoms. The van der Waals surface area contributed by atoms with E-state index in [0.29, 0.717) is 12.1 Å². The monoisotopic (exact) mass is 212 g/mol. The van der Waals surface area contributed by atoms with E-state index in [2.05, 4.69) is 23.8 Å². The fraction of sp³-hybridized carbons (Fsp3) is 1.00. The molecule has 0 aromatic heterocycles. The number of piperazine rings is 1. The van der Waals surface area contributed by atoms with Crippen molar-refractivity contribution < 1.29 is 5.11 Å². The lowest BCUT2D eigenvalue weighted by molar-refractivity contribution is -0.0244. The van der Waals surface area contributed by atoms with Crippen LogP contribution in [0.25, 0.3) is 0 Å². The number of aliphatic hydroxyl groups is 1. The van der Waals surface area contributed by atoms with Gasteiger partial charge in [-0.15, -0.1) is 0 Å². The van der Waals surface area contributed by atoms with Crippen LogP contribution >= 0.6 is 0 Å². The second kappa shape index (κ2) is 4.81. The Labute approximate surface area is 93.1 Å². The third kappa shape index (κ3) is 2.52. The predicted molar refractivity (Wildman–Crippen MR) is 61.9 cm³/mol. The molecule has 1 heterocycles. The lowest BCUT2D eigenvalue weighted by atomic mass is 9.90. The Hall–Kier alpha value is -0.120. The largest absolute Gasteiger partial charge is 0.391 e. The highest BCUT2D eigenvalue weighted by atomic mass is 16.3. The van der Waals surface area contributed by atoms with Gasteiger partial charge in [0.2, 0.25) is 0 Å². The maximum absolute atomic E-state index is 10.0. The summed E-state index contributed by atoms with van der Waals surface area (Å²) < 4.78 is 0. The molecule has 1 saturated heterocycles. The van der Waals surface area contributed by atoms with Crippen molar-refractivity contribution in [2.75, 3.05) is 26.7 Å². The van der Waals surface area contributed by atoms with E-state index in [1.54, 1.807) is 0 Å². The number of hydrogen-bond acceptors (Lipinski definition) is 3. The van der Waals surface area contributed by atoms with E-state index in [1.165, 1.54) is 19.3 Å². The first-order chi connectivity index (χ1) is 7.18. The number of rotatable bonds is 1. The summed E-state index contributed by atoms with van der Waals surface area (Å²) in [6, 6.07) is 1.03. The molecule has 0 amide bonds. The molecule has 2 rings (SSSR count). The van der Waals surface area contributed by atoms with Gasteiger partial charge >= 0.3 is 0 Å². The van der Waals surface area contributed by atoms with Gasteiger partial charge in [0.1, 0.15) is 0 Å². The summed E-state index contributed by atoms with van der Waals surface area (Å²) in [5, 5.41) is 10.0. The average Bonchev–Trinajstić information content (AvgIpc) is 2.20. The molecule has 88 valence electrons. The Morgan fingerprint density at radius 2 is 1.87 bits per heavy atom. The van der Waals surface area contributed by atoms with Gasteiger partial charge in [-0.1, -0.05) is 12.8 Å². The molecule has 2 aliphatic rings. The predicted octanol–water partition coefficient (Wildman–Crippen LogP) is 0.926. The Morgan fingerprint density at radius 3 is 2.53 bits per heavy atom. The van der Waals surface area contributed by atoms with Gasteiger partial charge in [-0.25, -0.2) is 0 Å². The summed E-state index contributed by atoms with van der Waals surface area (Å²) in [4.78, 5) is 4.92. The van der Waals surface area contributed by atoms with Crippen molar-refractivity contribution >= 4 is 0 Å². The first-order valence-corrected chi connectivity index (χ1v) is 6.31. The first kappa shape index (κ1) is 11.4. The van der Waals surface area contributed by atoms with Gasteiger partial charge in [0.25, 0.3) is 0 Å². The zero-order valence-electron chi connectivity index (χ0n) is 10.0. The molecule has 3 nitrogen and oxygen atoms in total. The molecule has 15 heavy (non-hydrogen) atoms. The van der Waals surface area contributed by atoms with Crippen molar-refractivity contribution in [1.82, 2.24) is 9.80 Å². The van der Waals surface area contributed by atoms with Crippen molar-refractivity contribution in [2.45, 2.75) is 50.8 Å². The van der Waals surface area contributed by atoms with Crippen LogP contribution in [0.4, 0.5) is 0 Å². The van der Waals surface area contributed by atoms with Crippen LogP contribution in [0.2, 0.25) is 0 Å². The van der Waals surface area contributed by atoms with Crippen molar-refractivity contribution in [1.29, 1.82) is 0 Å². The minimum Gasteiger partial charge on any atom is -0.391 e. The lowest BCUT2D eigenvalue weighted by Crippen LogP contribution is -2.57. The minimum atomic E-state index is -0.0791. The Kier molecular flexibility index (Phi) is 3.65. The summed E-state index contributed by atoms with van der Waals surface area (Å²) in [6.07, 6.45) is 4.61. The zero-order chi connectivity index (χ0) is 10.8. The number of aliphatic hydroxyl groups excluding tert-OH is 1. The van der Waals surface area contributed by atoms with Crippen LogP contribution in [0.5, 0.6) is 0 Å². The minimum absolute atomic E-state index is 0.0791. The molecule has 3 heteroatoms. The normalized spacial score (nSPS) is 40.6. The molecule has 1 aliphatic heterocycles. The van der Waals surface area contributed by atoms with Crippen LogP contribution < -0.4 is 0 Å². The van der Waals surface area contributed by atoms with Crippen LogP contribution in [-0.4, -0.2) is 59.8 Å². The molecule has 3 atom stereocenters. The molecule has 1 unspecified atom stereocenters. The summed E-state index contributed by atoms with van der Waals surface area (Å²) in [7, 11) is 2.19. The maximum atomic E-state index is 10.0.